The first-order valence-corrected chi connectivity index (χ1v) is 9.05. The van der Waals surface area contributed by atoms with Crippen LogP contribution in [0.5, 0.6) is 5.75 Å². The van der Waals surface area contributed by atoms with Gasteiger partial charge >= 0.3 is 0 Å². The minimum absolute atomic E-state index is 0.0450. The molecule has 0 atom stereocenters. The number of aromatic amines is 1. The molecule has 0 aliphatic heterocycles. The summed E-state index contributed by atoms with van der Waals surface area (Å²) >= 11 is 0. The molecule has 10 heteroatoms. The average Bonchev–Trinajstić information content (AvgIpc) is 3.10. The predicted octanol–water partition coefficient (Wildman–Crippen LogP) is 1.52. The second-order valence-corrected chi connectivity index (χ2v) is 6.27. The number of aryl methyl sites for hydroxylation is 2. The largest absolute Gasteiger partial charge is 0.494 e. The molecule has 3 aromatic rings. The molecule has 150 valence electrons. The molecular formula is C19H21N7O3. The van der Waals surface area contributed by atoms with Gasteiger partial charge in [0.2, 0.25) is 0 Å². The van der Waals surface area contributed by atoms with Crippen molar-refractivity contribution in [1.82, 2.24) is 30.4 Å². The van der Waals surface area contributed by atoms with E-state index in [2.05, 4.69) is 30.8 Å². The molecule has 10 nitrogen and oxygen atoms in total. The second kappa shape index (κ2) is 8.91. The zero-order valence-corrected chi connectivity index (χ0v) is 16.3. The maximum atomic E-state index is 12.6. The van der Waals surface area contributed by atoms with E-state index in [0.717, 1.165) is 17.7 Å². The number of carbonyl (C=O) groups excluding carboxylic acids is 1. The van der Waals surface area contributed by atoms with Crippen LogP contribution in [0.4, 0.5) is 0 Å². The van der Waals surface area contributed by atoms with Crippen LogP contribution in [0, 0.1) is 13.8 Å². The fraction of sp³-hybridized carbons (Fsp3) is 0.263. The van der Waals surface area contributed by atoms with E-state index in [4.69, 9.17) is 4.74 Å². The predicted molar refractivity (Wildman–Crippen MR) is 107 cm³/mol. The standard InChI is InChI=1S/C19H21N7O3/c1-4-8-29-15-7-5-6-14(10-15)11-20-23-18(28)16-9-12(2)25-26(16)19-21-17(27)13(3)22-24-19/h5-7,9-11H,4,8H2,1-3H3,(H,23,28)(H,21,24,27)/b20-11-. The van der Waals surface area contributed by atoms with Gasteiger partial charge in [-0.15, -0.1) is 10.2 Å². The van der Waals surface area contributed by atoms with Crippen LogP contribution in [0.2, 0.25) is 0 Å². The van der Waals surface area contributed by atoms with Gasteiger partial charge in [-0.05, 0) is 44.0 Å². The highest BCUT2D eigenvalue weighted by atomic mass is 16.5. The summed E-state index contributed by atoms with van der Waals surface area (Å²) in [6, 6.07) is 8.93. The third-order valence-electron chi connectivity index (χ3n) is 3.82. The summed E-state index contributed by atoms with van der Waals surface area (Å²) in [7, 11) is 0. The van der Waals surface area contributed by atoms with E-state index in [1.165, 1.54) is 17.8 Å². The number of nitrogens with zero attached hydrogens (tertiary/aromatic N) is 5. The molecule has 0 saturated heterocycles. The zero-order valence-electron chi connectivity index (χ0n) is 16.3. The molecule has 2 N–H and O–H groups in total. The molecule has 0 saturated carbocycles. The molecule has 1 amide bonds. The van der Waals surface area contributed by atoms with Crippen molar-refractivity contribution in [3.8, 4) is 11.7 Å². The van der Waals surface area contributed by atoms with Gasteiger partial charge < -0.3 is 4.74 Å². The van der Waals surface area contributed by atoms with E-state index in [9.17, 15) is 9.59 Å². The van der Waals surface area contributed by atoms with Crippen molar-refractivity contribution in [2.45, 2.75) is 27.2 Å². The molecule has 1 aromatic carbocycles. The van der Waals surface area contributed by atoms with Crippen molar-refractivity contribution in [2.24, 2.45) is 5.10 Å². The number of carbonyl (C=O) groups is 1. The van der Waals surface area contributed by atoms with Crippen LogP contribution in [0.25, 0.3) is 5.95 Å². The van der Waals surface area contributed by atoms with Crippen LogP contribution in [0.1, 0.15) is 40.8 Å². The van der Waals surface area contributed by atoms with Gasteiger partial charge in [0.1, 0.15) is 17.1 Å². The van der Waals surface area contributed by atoms with Gasteiger partial charge in [0, 0.05) is 0 Å². The second-order valence-electron chi connectivity index (χ2n) is 6.27. The number of amides is 1. The molecule has 0 aliphatic rings. The van der Waals surface area contributed by atoms with Crippen LogP contribution in [-0.4, -0.2) is 43.7 Å². The number of hydrogen-bond acceptors (Lipinski definition) is 7. The summed E-state index contributed by atoms with van der Waals surface area (Å²) in [6.07, 6.45) is 2.43. The van der Waals surface area contributed by atoms with Crippen LogP contribution in [0.3, 0.4) is 0 Å². The smallest absolute Gasteiger partial charge is 0.290 e. The minimum atomic E-state index is -0.511. The highest BCUT2D eigenvalue weighted by Gasteiger charge is 2.17. The van der Waals surface area contributed by atoms with Crippen molar-refractivity contribution < 1.29 is 9.53 Å². The van der Waals surface area contributed by atoms with E-state index in [-0.39, 0.29) is 17.3 Å². The lowest BCUT2D eigenvalue weighted by Crippen LogP contribution is -2.24. The Morgan fingerprint density at radius 1 is 1.31 bits per heavy atom. The summed E-state index contributed by atoms with van der Waals surface area (Å²) in [5, 5.41) is 15.8. The Hall–Kier alpha value is -3.82. The Labute approximate surface area is 166 Å². The number of hydrogen-bond donors (Lipinski definition) is 2. The van der Waals surface area contributed by atoms with Gasteiger partial charge in [-0.25, -0.2) is 5.43 Å². The van der Waals surface area contributed by atoms with Crippen molar-refractivity contribution in [3.63, 3.8) is 0 Å². The maximum absolute atomic E-state index is 12.6. The number of ether oxygens (including phenoxy) is 1. The van der Waals surface area contributed by atoms with Crippen molar-refractivity contribution in [1.29, 1.82) is 0 Å². The monoisotopic (exact) mass is 395 g/mol. The lowest BCUT2D eigenvalue weighted by molar-refractivity contribution is 0.0947. The van der Waals surface area contributed by atoms with Crippen molar-refractivity contribution >= 4 is 12.1 Å². The zero-order chi connectivity index (χ0) is 20.8. The number of nitrogens with one attached hydrogen (secondary N) is 2. The van der Waals surface area contributed by atoms with E-state index in [1.54, 1.807) is 13.0 Å². The lowest BCUT2D eigenvalue weighted by Gasteiger charge is -2.05. The number of rotatable bonds is 7. The van der Waals surface area contributed by atoms with Gasteiger partial charge in [-0.1, -0.05) is 19.1 Å². The SMILES string of the molecule is CCCOc1cccc(/C=N\NC(=O)c2cc(C)nn2-c2nnc(C)c(=O)[nH]2)c1. The average molecular weight is 395 g/mol. The van der Waals surface area contributed by atoms with E-state index < -0.39 is 11.5 Å². The first-order chi connectivity index (χ1) is 14.0. The fourth-order valence-electron chi connectivity index (χ4n) is 2.43. The lowest BCUT2D eigenvalue weighted by atomic mass is 10.2. The fourth-order valence-corrected chi connectivity index (χ4v) is 2.43. The van der Waals surface area contributed by atoms with Gasteiger partial charge in [0.05, 0.1) is 18.5 Å². The summed E-state index contributed by atoms with van der Waals surface area (Å²) < 4.78 is 6.79. The molecule has 29 heavy (non-hydrogen) atoms. The first-order valence-electron chi connectivity index (χ1n) is 9.05. The summed E-state index contributed by atoms with van der Waals surface area (Å²) in [6.45, 7) is 5.92. The van der Waals surface area contributed by atoms with E-state index in [1.807, 2.05) is 31.2 Å². The summed E-state index contributed by atoms with van der Waals surface area (Å²) in [4.78, 5) is 26.9. The third kappa shape index (κ3) is 4.92. The molecule has 2 aromatic heterocycles. The Morgan fingerprint density at radius 2 is 2.14 bits per heavy atom. The van der Waals surface area contributed by atoms with Crippen LogP contribution < -0.4 is 15.7 Å². The van der Waals surface area contributed by atoms with Crippen LogP contribution in [-0.2, 0) is 0 Å². The molecule has 0 aliphatic carbocycles. The van der Waals surface area contributed by atoms with Gasteiger partial charge in [0.25, 0.3) is 17.4 Å². The Kier molecular flexibility index (Phi) is 6.12. The normalized spacial score (nSPS) is 11.0. The molecule has 0 fully saturated rings. The van der Waals surface area contributed by atoms with Crippen molar-refractivity contribution in [3.05, 3.63) is 63.3 Å². The Balaban J connectivity index is 1.75. The molecule has 0 spiro atoms. The van der Waals surface area contributed by atoms with Gasteiger partial charge in [0.15, 0.2) is 0 Å². The third-order valence-corrected chi connectivity index (χ3v) is 3.82. The summed E-state index contributed by atoms with van der Waals surface area (Å²) in [5.74, 6) is 0.268. The minimum Gasteiger partial charge on any atom is -0.494 e. The Morgan fingerprint density at radius 3 is 2.90 bits per heavy atom. The van der Waals surface area contributed by atoms with Gasteiger partial charge in [-0.2, -0.15) is 14.9 Å². The molecule has 2 heterocycles. The number of aromatic nitrogens is 5. The molecule has 0 unspecified atom stereocenters. The molecular weight excluding hydrogens is 374 g/mol. The highest BCUT2D eigenvalue weighted by molar-refractivity contribution is 5.94. The topological polar surface area (TPSA) is 127 Å². The summed E-state index contributed by atoms with van der Waals surface area (Å²) in [5.41, 5.74) is 3.77. The van der Waals surface area contributed by atoms with Crippen molar-refractivity contribution in [2.75, 3.05) is 6.61 Å². The van der Waals surface area contributed by atoms with E-state index in [0.29, 0.717) is 12.3 Å². The maximum Gasteiger partial charge on any atom is 0.290 e. The van der Waals surface area contributed by atoms with Crippen LogP contribution >= 0.6 is 0 Å². The Bertz CT molecular complexity index is 1100. The molecule has 0 bridgehead atoms. The number of hydrazone groups is 1. The molecule has 0 radical (unpaired) electrons. The quantitative estimate of drug-likeness (QED) is 0.461. The van der Waals surface area contributed by atoms with Gasteiger partial charge in [-0.3, -0.25) is 14.6 Å². The van der Waals surface area contributed by atoms with Crippen LogP contribution in [0.15, 0.2) is 40.2 Å². The number of H-pyrrole nitrogens is 1. The molecule has 3 rings (SSSR count). The first kappa shape index (κ1) is 19.9. The van der Waals surface area contributed by atoms with E-state index >= 15 is 0 Å². The highest BCUT2D eigenvalue weighted by Crippen LogP contribution is 2.12. The number of benzene rings is 1.